The van der Waals surface area contributed by atoms with Crippen molar-refractivity contribution in [2.45, 2.75) is 6.54 Å². The summed E-state index contributed by atoms with van der Waals surface area (Å²) in [5.74, 6) is 0. The maximum atomic E-state index is 8.95. The lowest BCUT2D eigenvalue weighted by Gasteiger charge is -2.10. The maximum Gasteiger partial charge on any atom is 0.0991 e. The van der Waals surface area contributed by atoms with Gasteiger partial charge >= 0.3 is 0 Å². The summed E-state index contributed by atoms with van der Waals surface area (Å²) in [4.78, 5) is 4.09. The molecule has 0 unspecified atom stereocenters. The molecule has 112 valence electrons. The smallest absolute Gasteiger partial charge is 0.0991 e. The van der Waals surface area contributed by atoms with Crippen LogP contribution in [0.1, 0.15) is 16.7 Å². The van der Waals surface area contributed by atoms with Gasteiger partial charge < -0.3 is 4.57 Å². The van der Waals surface area contributed by atoms with Crippen LogP contribution in [0.5, 0.6) is 0 Å². The molecule has 3 rings (SSSR count). The minimum atomic E-state index is 0.655. The summed E-state index contributed by atoms with van der Waals surface area (Å²) in [7, 11) is 0. The van der Waals surface area contributed by atoms with Crippen LogP contribution in [-0.2, 0) is 6.54 Å². The van der Waals surface area contributed by atoms with E-state index in [0.717, 1.165) is 21.7 Å². The second kappa shape index (κ2) is 6.95. The highest BCUT2D eigenvalue weighted by Crippen LogP contribution is 2.22. The summed E-state index contributed by atoms with van der Waals surface area (Å²) in [5, 5.41) is 9.67. The molecule has 0 spiro atoms. The fraction of sp³-hybridized carbons (Fsp3) is 0.0526. The fourth-order valence-corrected chi connectivity index (χ4v) is 2.44. The number of hydrogen-bond acceptors (Lipinski definition) is 2. The lowest BCUT2D eigenvalue weighted by molar-refractivity contribution is 0.836. The first-order valence-electron chi connectivity index (χ1n) is 7.17. The Bertz CT molecular complexity index is 839. The number of imidazole rings is 1. The molecule has 0 N–H and O–H groups in total. The Balaban J connectivity index is 1.98. The monoisotopic (exact) mass is 319 g/mol. The highest BCUT2D eigenvalue weighted by molar-refractivity contribution is 6.30. The predicted molar refractivity (Wildman–Crippen MR) is 92.7 cm³/mol. The van der Waals surface area contributed by atoms with E-state index in [1.807, 2.05) is 59.3 Å². The molecule has 4 heteroatoms. The average molecular weight is 320 g/mol. The van der Waals surface area contributed by atoms with Crippen molar-refractivity contribution in [3.63, 3.8) is 0 Å². The number of hydrogen-bond donors (Lipinski definition) is 0. The number of halogens is 1. The van der Waals surface area contributed by atoms with E-state index in [1.54, 1.807) is 12.5 Å². The largest absolute Gasteiger partial charge is 0.333 e. The summed E-state index contributed by atoms with van der Waals surface area (Å²) in [6.07, 6.45) is 7.61. The molecule has 0 saturated heterocycles. The lowest BCUT2D eigenvalue weighted by atomic mass is 10.0. The molecule has 0 saturated carbocycles. The van der Waals surface area contributed by atoms with Crippen LogP contribution in [0.3, 0.4) is 0 Å². The van der Waals surface area contributed by atoms with Crippen molar-refractivity contribution in [3.8, 4) is 6.07 Å². The Kier molecular flexibility index (Phi) is 4.56. The van der Waals surface area contributed by atoms with Gasteiger partial charge in [-0.2, -0.15) is 5.26 Å². The standard InChI is InChI=1S/C19H14ClN3/c20-19-7-3-15(4-8-19)11-18(13-23-10-9-22-14-23)17-5-1-16(12-21)2-6-17/h1-11,14H,13H2/b18-11+. The summed E-state index contributed by atoms with van der Waals surface area (Å²) in [6.45, 7) is 0.703. The predicted octanol–water partition coefficient (Wildman–Crippen LogP) is 4.65. The minimum Gasteiger partial charge on any atom is -0.333 e. The van der Waals surface area contributed by atoms with Crippen molar-refractivity contribution >= 4 is 23.3 Å². The normalized spacial score (nSPS) is 11.2. The number of aromatic nitrogens is 2. The van der Waals surface area contributed by atoms with Gasteiger partial charge in [0.05, 0.1) is 18.0 Å². The van der Waals surface area contributed by atoms with Gasteiger partial charge in [0.2, 0.25) is 0 Å². The van der Waals surface area contributed by atoms with Gasteiger partial charge in [-0.3, -0.25) is 0 Å². The van der Waals surface area contributed by atoms with Crippen LogP contribution in [-0.4, -0.2) is 9.55 Å². The van der Waals surface area contributed by atoms with E-state index in [9.17, 15) is 0 Å². The van der Waals surface area contributed by atoms with E-state index >= 15 is 0 Å². The second-order valence-electron chi connectivity index (χ2n) is 5.15. The number of nitriles is 1. The van der Waals surface area contributed by atoms with E-state index in [2.05, 4.69) is 17.1 Å². The topological polar surface area (TPSA) is 41.6 Å². The highest BCUT2D eigenvalue weighted by atomic mass is 35.5. The molecular formula is C19H14ClN3. The third kappa shape index (κ3) is 3.88. The molecular weight excluding hydrogens is 306 g/mol. The van der Waals surface area contributed by atoms with Crippen molar-refractivity contribution in [2.24, 2.45) is 0 Å². The molecule has 0 aliphatic carbocycles. The molecule has 0 fully saturated rings. The quantitative estimate of drug-likeness (QED) is 0.657. The van der Waals surface area contributed by atoms with Crippen molar-refractivity contribution in [3.05, 3.63) is 89.0 Å². The summed E-state index contributed by atoms with van der Waals surface area (Å²) in [6, 6.07) is 17.5. The zero-order chi connectivity index (χ0) is 16.1. The Hall–Kier alpha value is -2.83. The van der Waals surface area contributed by atoms with Gasteiger partial charge in [-0.05, 0) is 47.0 Å². The van der Waals surface area contributed by atoms with Crippen molar-refractivity contribution < 1.29 is 0 Å². The van der Waals surface area contributed by atoms with Gasteiger partial charge in [0.25, 0.3) is 0 Å². The van der Waals surface area contributed by atoms with Gasteiger partial charge in [0.15, 0.2) is 0 Å². The third-order valence-corrected chi connectivity index (χ3v) is 3.76. The van der Waals surface area contributed by atoms with Crippen molar-refractivity contribution in [2.75, 3.05) is 0 Å². The molecule has 0 atom stereocenters. The van der Waals surface area contributed by atoms with Crippen LogP contribution in [0.2, 0.25) is 5.02 Å². The number of allylic oxidation sites excluding steroid dienone is 1. The van der Waals surface area contributed by atoms with Gasteiger partial charge in [0, 0.05) is 24.0 Å². The SMILES string of the molecule is N#Cc1ccc(/C(=C/c2ccc(Cl)cc2)Cn2ccnc2)cc1. The Morgan fingerprint density at radius 1 is 1.13 bits per heavy atom. The zero-order valence-corrected chi connectivity index (χ0v) is 13.1. The molecule has 0 aliphatic heterocycles. The molecule has 3 nitrogen and oxygen atoms in total. The first kappa shape index (κ1) is 15.1. The molecule has 0 aliphatic rings. The number of benzene rings is 2. The van der Waals surface area contributed by atoms with E-state index in [-0.39, 0.29) is 0 Å². The van der Waals surface area contributed by atoms with E-state index < -0.39 is 0 Å². The first-order chi connectivity index (χ1) is 11.2. The second-order valence-corrected chi connectivity index (χ2v) is 5.58. The zero-order valence-electron chi connectivity index (χ0n) is 12.4. The van der Waals surface area contributed by atoms with Crippen LogP contribution < -0.4 is 0 Å². The molecule has 2 aromatic carbocycles. The number of nitrogens with zero attached hydrogens (tertiary/aromatic N) is 3. The van der Waals surface area contributed by atoms with Gasteiger partial charge in [0.1, 0.15) is 0 Å². The fourth-order valence-electron chi connectivity index (χ4n) is 2.32. The summed E-state index contributed by atoms with van der Waals surface area (Å²) in [5.41, 5.74) is 3.94. The van der Waals surface area contributed by atoms with Crippen LogP contribution in [0.25, 0.3) is 11.6 Å². The van der Waals surface area contributed by atoms with E-state index in [0.29, 0.717) is 12.1 Å². The lowest BCUT2D eigenvalue weighted by Crippen LogP contribution is -1.98. The molecule has 0 amide bonds. The summed E-state index contributed by atoms with van der Waals surface area (Å²) < 4.78 is 2.01. The third-order valence-electron chi connectivity index (χ3n) is 3.51. The molecule has 23 heavy (non-hydrogen) atoms. The van der Waals surface area contributed by atoms with Gasteiger partial charge in [-0.1, -0.05) is 35.9 Å². The Labute approximate surface area is 140 Å². The summed E-state index contributed by atoms with van der Waals surface area (Å²) >= 11 is 5.95. The minimum absolute atomic E-state index is 0.655. The molecule has 0 bridgehead atoms. The first-order valence-corrected chi connectivity index (χ1v) is 7.55. The van der Waals surface area contributed by atoms with Crippen molar-refractivity contribution in [1.82, 2.24) is 9.55 Å². The number of rotatable bonds is 4. The molecule has 3 aromatic rings. The Morgan fingerprint density at radius 3 is 2.48 bits per heavy atom. The molecule has 1 aromatic heterocycles. The average Bonchev–Trinajstić information content (AvgIpc) is 3.09. The molecule has 0 radical (unpaired) electrons. The van der Waals surface area contributed by atoms with Crippen LogP contribution in [0.4, 0.5) is 0 Å². The Morgan fingerprint density at radius 2 is 1.87 bits per heavy atom. The molecule has 1 heterocycles. The van der Waals surface area contributed by atoms with E-state index in [1.165, 1.54) is 0 Å². The van der Waals surface area contributed by atoms with E-state index in [4.69, 9.17) is 16.9 Å². The van der Waals surface area contributed by atoms with Crippen molar-refractivity contribution in [1.29, 1.82) is 5.26 Å². The van der Waals surface area contributed by atoms with Crippen LogP contribution >= 0.6 is 11.6 Å². The van der Waals surface area contributed by atoms with Gasteiger partial charge in [-0.25, -0.2) is 4.98 Å². The van der Waals surface area contributed by atoms with Gasteiger partial charge in [-0.15, -0.1) is 0 Å². The van der Waals surface area contributed by atoms with Crippen LogP contribution in [0.15, 0.2) is 67.3 Å². The highest BCUT2D eigenvalue weighted by Gasteiger charge is 2.04. The van der Waals surface area contributed by atoms with Crippen LogP contribution in [0, 0.1) is 11.3 Å². The maximum absolute atomic E-state index is 8.95.